The van der Waals surface area contributed by atoms with Crippen molar-refractivity contribution in [3.05, 3.63) is 23.8 Å². The molecule has 28 heavy (non-hydrogen) atoms. The van der Waals surface area contributed by atoms with Gasteiger partial charge in [-0.25, -0.2) is 0 Å². The van der Waals surface area contributed by atoms with Gasteiger partial charge in [-0.05, 0) is 104 Å². The summed E-state index contributed by atoms with van der Waals surface area (Å²) in [7, 11) is 0. The minimum Gasteiger partial charge on any atom is -0.393 e. The fourth-order valence-corrected chi connectivity index (χ4v) is 8.25. The van der Waals surface area contributed by atoms with Gasteiger partial charge in [-0.1, -0.05) is 58.4 Å². The molecule has 4 rings (SSSR count). The number of aliphatic hydroxyl groups excluding tert-OH is 1. The summed E-state index contributed by atoms with van der Waals surface area (Å²) in [5, 5.41) is 10.2. The average Bonchev–Trinajstić information content (AvgIpc) is 2.99. The second-order valence-electron chi connectivity index (χ2n) is 11.8. The number of allylic oxidation sites excluding steroid dienone is 3. The maximum atomic E-state index is 10.2. The molecule has 1 nitrogen and oxygen atoms in total. The zero-order valence-corrected chi connectivity index (χ0v) is 19.1. The van der Waals surface area contributed by atoms with E-state index in [9.17, 15) is 5.11 Å². The van der Waals surface area contributed by atoms with E-state index in [4.69, 9.17) is 0 Å². The first kappa shape index (κ1) is 20.7. The molecule has 1 heteroatoms. The molecule has 0 aromatic rings. The monoisotopic (exact) mass is 384 g/mol. The van der Waals surface area contributed by atoms with E-state index in [1.165, 1.54) is 44.9 Å². The van der Waals surface area contributed by atoms with Crippen molar-refractivity contribution in [1.29, 1.82) is 0 Å². The van der Waals surface area contributed by atoms with E-state index in [0.29, 0.717) is 10.8 Å². The summed E-state index contributed by atoms with van der Waals surface area (Å²) in [4.78, 5) is 0. The highest BCUT2D eigenvalue weighted by Gasteiger charge is 2.58. The normalized spacial score (nSPS) is 46.8. The minimum absolute atomic E-state index is 0.0842. The molecular formula is C27H44O. The van der Waals surface area contributed by atoms with Gasteiger partial charge in [-0.15, -0.1) is 0 Å². The van der Waals surface area contributed by atoms with Crippen LogP contribution in [0, 0.1) is 46.3 Å². The van der Waals surface area contributed by atoms with Crippen LogP contribution in [-0.2, 0) is 0 Å². The Bertz CT molecular complexity index is 630. The molecule has 0 aliphatic heterocycles. The molecule has 1 N–H and O–H groups in total. The van der Waals surface area contributed by atoms with Crippen molar-refractivity contribution in [2.24, 2.45) is 46.3 Å². The smallest absolute Gasteiger partial charge is 0.0577 e. The van der Waals surface area contributed by atoms with E-state index in [-0.39, 0.29) is 6.10 Å². The van der Waals surface area contributed by atoms with Crippen molar-refractivity contribution in [3.63, 3.8) is 0 Å². The molecule has 0 bridgehead atoms. The van der Waals surface area contributed by atoms with Gasteiger partial charge < -0.3 is 5.11 Å². The lowest BCUT2D eigenvalue weighted by molar-refractivity contribution is -0.0540. The van der Waals surface area contributed by atoms with Crippen molar-refractivity contribution in [2.75, 3.05) is 0 Å². The topological polar surface area (TPSA) is 20.2 Å². The van der Waals surface area contributed by atoms with Gasteiger partial charge in [0.05, 0.1) is 6.10 Å². The highest BCUT2D eigenvalue weighted by Crippen LogP contribution is 2.67. The lowest BCUT2D eigenvalue weighted by Crippen LogP contribution is -2.50. The molecule has 3 saturated carbocycles. The molecule has 0 amide bonds. The Kier molecular flexibility index (Phi) is 5.62. The van der Waals surface area contributed by atoms with Gasteiger partial charge in [0.15, 0.2) is 0 Å². The molecule has 4 aliphatic carbocycles. The molecule has 0 unspecified atom stereocenters. The van der Waals surface area contributed by atoms with Crippen LogP contribution in [0.3, 0.4) is 0 Å². The van der Waals surface area contributed by atoms with Gasteiger partial charge in [0, 0.05) is 0 Å². The number of aliphatic hydroxyl groups is 1. The fraction of sp³-hybridized carbons (Fsp3) is 0.852. The average molecular weight is 385 g/mol. The van der Waals surface area contributed by atoms with E-state index in [2.05, 4.69) is 52.8 Å². The van der Waals surface area contributed by atoms with E-state index in [0.717, 1.165) is 48.3 Å². The Hall–Kier alpha value is -0.560. The van der Waals surface area contributed by atoms with Crippen molar-refractivity contribution < 1.29 is 5.11 Å². The van der Waals surface area contributed by atoms with Gasteiger partial charge in [0.25, 0.3) is 0 Å². The van der Waals surface area contributed by atoms with Crippen molar-refractivity contribution in [3.8, 4) is 0 Å². The lowest BCUT2D eigenvalue weighted by Gasteiger charge is -2.58. The quantitative estimate of drug-likeness (QED) is 0.510. The second kappa shape index (κ2) is 7.60. The number of hydrogen-bond donors (Lipinski definition) is 1. The highest BCUT2D eigenvalue weighted by atomic mass is 16.3. The summed E-state index contributed by atoms with van der Waals surface area (Å²) in [6.45, 7) is 12.3. The summed E-state index contributed by atoms with van der Waals surface area (Å²) >= 11 is 0. The first-order valence-electron chi connectivity index (χ1n) is 12.3. The maximum absolute atomic E-state index is 10.2. The Labute approximate surface area is 174 Å². The molecular weight excluding hydrogens is 340 g/mol. The summed E-state index contributed by atoms with van der Waals surface area (Å²) in [6, 6.07) is 0. The van der Waals surface area contributed by atoms with Crippen LogP contribution in [-0.4, -0.2) is 11.2 Å². The van der Waals surface area contributed by atoms with Crippen LogP contribution in [0.2, 0.25) is 0 Å². The first-order chi connectivity index (χ1) is 13.3. The molecule has 8 atom stereocenters. The fourth-order valence-electron chi connectivity index (χ4n) is 8.25. The molecule has 0 aromatic heterocycles. The molecule has 0 heterocycles. The number of fused-ring (bicyclic) bond motifs is 5. The zero-order chi connectivity index (χ0) is 20.1. The molecule has 0 saturated heterocycles. The van der Waals surface area contributed by atoms with Crippen LogP contribution in [0.25, 0.3) is 0 Å². The lowest BCUT2D eigenvalue weighted by atomic mass is 9.47. The number of hydrogen-bond acceptors (Lipinski definition) is 1. The summed E-state index contributed by atoms with van der Waals surface area (Å²) in [5.74, 6) is 5.03. The van der Waals surface area contributed by atoms with Crippen LogP contribution in [0.5, 0.6) is 0 Å². The predicted octanol–water partition coefficient (Wildman–Crippen LogP) is 7.16. The number of rotatable bonds is 4. The van der Waals surface area contributed by atoms with Gasteiger partial charge in [-0.2, -0.15) is 0 Å². The third kappa shape index (κ3) is 3.34. The van der Waals surface area contributed by atoms with Crippen molar-refractivity contribution in [2.45, 2.75) is 98.5 Å². The summed E-state index contributed by atoms with van der Waals surface area (Å²) < 4.78 is 0. The van der Waals surface area contributed by atoms with Crippen molar-refractivity contribution in [1.82, 2.24) is 0 Å². The predicted molar refractivity (Wildman–Crippen MR) is 119 cm³/mol. The molecule has 4 aliphatic rings. The van der Waals surface area contributed by atoms with E-state index < -0.39 is 0 Å². The van der Waals surface area contributed by atoms with E-state index in [1.54, 1.807) is 5.57 Å². The molecule has 0 aromatic carbocycles. The first-order valence-corrected chi connectivity index (χ1v) is 12.3. The van der Waals surface area contributed by atoms with Gasteiger partial charge in [0.1, 0.15) is 0 Å². The highest BCUT2D eigenvalue weighted by molar-refractivity contribution is 5.25. The Morgan fingerprint density at radius 1 is 1.07 bits per heavy atom. The second-order valence-corrected chi connectivity index (χ2v) is 11.8. The standard InChI is InChI=1S/C27H44O/c1-18(2)7-6-8-19(3)23-11-12-24-22-10-9-20-17-21(28)13-15-26(20,4)25(22)14-16-27(23,24)5/h6,8-9,18-19,21-25,28H,7,10-17H2,1-5H3/b8-6-/t19-,21+,22-,23-,24-,25-,26+,27-/m1/s1. The third-order valence-corrected chi connectivity index (χ3v) is 9.83. The van der Waals surface area contributed by atoms with Crippen LogP contribution in [0.4, 0.5) is 0 Å². The van der Waals surface area contributed by atoms with Gasteiger partial charge in [-0.3, -0.25) is 0 Å². The maximum Gasteiger partial charge on any atom is 0.0577 e. The molecule has 0 spiro atoms. The third-order valence-electron chi connectivity index (χ3n) is 9.83. The molecule has 158 valence electrons. The largest absolute Gasteiger partial charge is 0.393 e. The summed E-state index contributed by atoms with van der Waals surface area (Å²) in [5.41, 5.74) is 2.53. The molecule has 0 radical (unpaired) electrons. The zero-order valence-electron chi connectivity index (χ0n) is 19.1. The minimum atomic E-state index is -0.0842. The van der Waals surface area contributed by atoms with E-state index >= 15 is 0 Å². The molecule has 3 fully saturated rings. The van der Waals surface area contributed by atoms with Gasteiger partial charge in [0.2, 0.25) is 0 Å². The van der Waals surface area contributed by atoms with Crippen LogP contribution in [0.15, 0.2) is 23.8 Å². The SMILES string of the molecule is CC(C)C/C=C\[C@@H](C)[C@H]1CC[C@@H]2[C@H]3CC=C4C[C@@H](O)CC[C@]4(C)[C@@H]3CC[C@@]21C. The Morgan fingerprint density at radius 3 is 2.61 bits per heavy atom. The van der Waals surface area contributed by atoms with Crippen LogP contribution < -0.4 is 0 Å². The van der Waals surface area contributed by atoms with Crippen LogP contribution >= 0.6 is 0 Å². The Balaban J connectivity index is 1.53. The Morgan fingerprint density at radius 2 is 1.86 bits per heavy atom. The van der Waals surface area contributed by atoms with Crippen LogP contribution in [0.1, 0.15) is 92.4 Å². The van der Waals surface area contributed by atoms with Gasteiger partial charge >= 0.3 is 0 Å². The summed E-state index contributed by atoms with van der Waals surface area (Å²) in [6.07, 6.45) is 18.9. The van der Waals surface area contributed by atoms with E-state index in [1.807, 2.05) is 0 Å². The van der Waals surface area contributed by atoms with Crippen molar-refractivity contribution >= 4 is 0 Å².